The number of pyridine rings is 1. The minimum absolute atomic E-state index is 0.179. The van der Waals surface area contributed by atoms with Gasteiger partial charge in [0.25, 0.3) is 0 Å². The first-order valence-corrected chi connectivity index (χ1v) is 7.78. The molecule has 130 valence electrons. The molecule has 4 nitrogen and oxygen atoms in total. The molecule has 0 bridgehead atoms. The summed E-state index contributed by atoms with van der Waals surface area (Å²) in [7, 11) is 0. The lowest BCUT2D eigenvalue weighted by Crippen LogP contribution is -2.10. The Kier molecular flexibility index (Phi) is 4.74. The van der Waals surface area contributed by atoms with Crippen LogP contribution in [0.4, 0.5) is 19.0 Å². The molecule has 0 spiro atoms. The number of aromatic nitrogens is 3. The number of anilines is 1. The first kappa shape index (κ1) is 17.0. The van der Waals surface area contributed by atoms with Crippen LogP contribution in [0.5, 0.6) is 0 Å². The molecule has 7 heteroatoms. The quantitative estimate of drug-likeness (QED) is 0.739. The van der Waals surface area contributed by atoms with Gasteiger partial charge in [0.05, 0.1) is 24.3 Å². The second kappa shape index (κ2) is 6.96. The molecular weight excluding hydrogens is 329 g/mol. The molecule has 1 aromatic carbocycles. The van der Waals surface area contributed by atoms with Crippen molar-refractivity contribution < 1.29 is 13.2 Å². The molecule has 0 fully saturated rings. The first-order chi connectivity index (χ1) is 11.9. The zero-order valence-electron chi connectivity index (χ0n) is 13.5. The molecule has 0 aliphatic heterocycles. The van der Waals surface area contributed by atoms with Gasteiger partial charge < -0.3 is 5.32 Å². The van der Waals surface area contributed by atoms with E-state index in [1.807, 2.05) is 43.5 Å². The van der Waals surface area contributed by atoms with Crippen LogP contribution < -0.4 is 5.32 Å². The fourth-order valence-corrected chi connectivity index (χ4v) is 2.45. The summed E-state index contributed by atoms with van der Waals surface area (Å²) in [5, 5.41) is 7.29. The number of nitrogens with zero attached hydrogens (tertiary/aromatic N) is 3. The summed E-state index contributed by atoms with van der Waals surface area (Å²) in [6.07, 6.45) is 0.340. The van der Waals surface area contributed by atoms with Gasteiger partial charge in [0.2, 0.25) is 0 Å². The lowest BCUT2D eigenvalue weighted by atomic mass is 10.2. The Balaban J connectivity index is 1.69. The summed E-state index contributed by atoms with van der Waals surface area (Å²) in [6.45, 7) is 2.49. The van der Waals surface area contributed by atoms with Crippen LogP contribution in [-0.4, -0.2) is 14.8 Å². The first-order valence-electron chi connectivity index (χ1n) is 7.78. The van der Waals surface area contributed by atoms with Crippen molar-refractivity contribution in [2.45, 2.75) is 25.7 Å². The van der Waals surface area contributed by atoms with Crippen LogP contribution in [0.15, 0.2) is 61.1 Å². The predicted octanol–water partition coefficient (Wildman–Crippen LogP) is 4.52. The van der Waals surface area contributed by atoms with Gasteiger partial charge in [-0.1, -0.05) is 30.3 Å². The van der Waals surface area contributed by atoms with Gasteiger partial charge in [-0.15, -0.1) is 0 Å². The van der Waals surface area contributed by atoms with E-state index >= 15 is 0 Å². The highest BCUT2D eigenvalue weighted by Crippen LogP contribution is 2.30. The third-order valence-corrected chi connectivity index (χ3v) is 3.79. The SMILES string of the molecule is CC(Nc1cc(C(F)(F)F)ccn1)c1cnn(Cc2ccccc2)c1. The summed E-state index contributed by atoms with van der Waals surface area (Å²) >= 11 is 0. The van der Waals surface area contributed by atoms with Gasteiger partial charge in [0, 0.05) is 18.0 Å². The normalized spacial score (nSPS) is 12.8. The predicted molar refractivity (Wildman–Crippen MR) is 89.0 cm³/mol. The Morgan fingerprint density at radius 1 is 1.16 bits per heavy atom. The van der Waals surface area contributed by atoms with E-state index in [1.54, 1.807) is 10.9 Å². The minimum Gasteiger partial charge on any atom is -0.363 e. The van der Waals surface area contributed by atoms with E-state index in [0.717, 1.165) is 29.5 Å². The Bertz CT molecular complexity index is 828. The zero-order valence-corrected chi connectivity index (χ0v) is 13.5. The van der Waals surface area contributed by atoms with E-state index in [2.05, 4.69) is 15.4 Å². The highest BCUT2D eigenvalue weighted by molar-refractivity contribution is 5.40. The molecule has 0 amide bonds. The second-order valence-corrected chi connectivity index (χ2v) is 5.75. The van der Waals surface area contributed by atoms with Crippen molar-refractivity contribution >= 4 is 5.82 Å². The van der Waals surface area contributed by atoms with Crippen molar-refractivity contribution in [3.05, 3.63) is 77.7 Å². The molecule has 2 heterocycles. The van der Waals surface area contributed by atoms with Crippen LogP contribution in [0.2, 0.25) is 0 Å². The molecule has 1 N–H and O–H groups in total. The van der Waals surface area contributed by atoms with Crippen molar-refractivity contribution in [2.24, 2.45) is 0 Å². The molecule has 0 aliphatic carbocycles. The van der Waals surface area contributed by atoms with Crippen molar-refractivity contribution in [3.63, 3.8) is 0 Å². The number of rotatable bonds is 5. The molecule has 1 unspecified atom stereocenters. The summed E-state index contributed by atoms with van der Waals surface area (Å²) in [4.78, 5) is 3.95. The highest BCUT2D eigenvalue weighted by atomic mass is 19.4. The van der Waals surface area contributed by atoms with Gasteiger partial charge in [-0.05, 0) is 24.6 Å². The van der Waals surface area contributed by atoms with E-state index in [4.69, 9.17) is 0 Å². The smallest absolute Gasteiger partial charge is 0.363 e. The van der Waals surface area contributed by atoms with Gasteiger partial charge >= 0.3 is 6.18 Å². The molecule has 25 heavy (non-hydrogen) atoms. The zero-order chi connectivity index (χ0) is 17.9. The van der Waals surface area contributed by atoms with E-state index in [-0.39, 0.29) is 11.9 Å². The maximum atomic E-state index is 12.8. The number of hydrogen-bond donors (Lipinski definition) is 1. The van der Waals surface area contributed by atoms with Crippen molar-refractivity contribution in [1.82, 2.24) is 14.8 Å². The highest BCUT2D eigenvalue weighted by Gasteiger charge is 2.30. The molecule has 0 radical (unpaired) electrons. The number of halogens is 3. The maximum Gasteiger partial charge on any atom is 0.416 e. The molecule has 2 aromatic heterocycles. The van der Waals surface area contributed by atoms with Crippen LogP contribution in [0.1, 0.15) is 29.7 Å². The van der Waals surface area contributed by atoms with Gasteiger partial charge in [-0.25, -0.2) is 4.98 Å². The van der Waals surface area contributed by atoms with Crippen LogP contribution in [-0.2, 0) is 12.7 Å². The molecule has 3 aromatic rings. The van der Waals surface area contributed by atoms with E-state index < -0.39 is 11.7 Å². The molecule has 3 rings (SSSR count). The summed E-state index contributed by atoms with van der Waals surface area (Å²) in [5.41, 5.74) is 1.27. The number of nitrogens with one attached hydrogen (secondary N) is 1. The summed E-state index contributed by atoms with van der Waals surface area (Å²) in [6, 6.07) is 11.6. The van der Waals surface area contributed by atoms with Gasteiger partial charge in [0.1, 0.15) is 5.82 Å². The van der Waals surface area contributed by atoms with Gasteiger partial charge in [0.15, 0.2) is 0 Å². The molecule has 0 saturated heterocycles. The second-order valence-electron chi connectivity index (χ2n) is 5.75. The van der Waals surface area contributed by atoms with Crippen LogP contribution in [0.25, 0.3) is 0 Å². The van der Waals surface area contributed by atoms with E-state index in [0.29, 0.717) is 6.54 Å². The Morgan fingerprint density at radius 3 is 2.64 bits per heavy atom. The van der Waals surface area contributed by atoms with E-state index in [1.165, 1.54) is 0 Å². The van der Waals surface area contributed by atoms with Crippen molar-refractivity contribution in [2.75, 3.05) is 5.32 Å². The standard InChI is InChI=1S/C18H17F3N4/c1-13(24-17-9-16(7-8-22-17)18(19,20)21)15-10-23-25(12-15)11-14-5-3-2-4-6-14/h2-10,12-13H,11H2,1H3,(H,22,24). The number of benzene rings is 1. The Morgan fingerprint density at radius 2 is 1.92 bits per heavy atom. The molecular formula is C18H17F3N4. The van der Waals surface area contributed by atoms with Crippen LogP contribution >= 0.6 is 0 Å². The topological polar surface area (TPSA) is 42.7 Å². The van der Waals surface area contributed by atoms with Crippen LogP contribution in [0, 0.1) is 0 Å². The average Bonchev–Trinajstić information content (AvgIpc) is 3.04. The molecule has 1 atom stereocenters. The number of alkyl halides is 3. The lowest BCUT2D eigenvalue weighted by Gasteiger charge is -2.14. The Hall–Kier alpha value is -2.83. The monoisotopic (exact) mass is 346 g/mol. The molecule has 0 aliphatic rings. The molecule has 0 saturated carbocycles. The maximum absolute atomic E-state index is 12.8. The van der Waals surface area contributed by atoms with Crippen molar-refractivity contribution in [3.8, 4) is 0 Å². The minimum atomic E-state index is -4.39. The third-order valence-electron chi connectivity index (χ3n) is 3.79. The van der Waals surface area contributed by atoms with Crippen LogP contribution in [0.3, 0.4) is 0 Å². The van der Waals surface area contributed by atoms with Gasteiger partial charge in [-0.2, -0.15) is 18.3 Å². The largest absolute Gasteiger partial charge is 0.416 e. The fraction of sp³-hybridized carbons (Fsp3) is 0.222. The summed E-state index contributed by atoms with van der Waals surface area (Å²) in [5.74, 6) is 0.179. The number of hydrogen-bond acceptors (Lipinski definition) is 3. The average molecular weight is 346 g/mol. The van der Waals surface area contributed by atoms with Crippen molar-refractivity contribution in [1.29, 1.82) is 0 Å². The van der Waals surface area contributed by atoms with E-state index in [9.17, 15) is 13.2 Å². The van der Waals surface area contributed by atoms with Gasteiger partial charge in [-0.3, -0.25) is 4.68 Å². The lowest BCUT2D eigenvalue weighted by molar-refractivity contribution is -0.137. The fourth-order valence-electron chi connectivity index (χ4n) is 2.45. The Labute approximate surface area is 143 Å². The third kappa shape index (κ3) is 4.37. The summed E-state index contributed by atoms with van der Waals surface area (Å²) < 4.78 is 40.1.